The number of ether oxygens (including phenoxy) is 1. The highest BCUT2D eigenvalue weighted by Gasteiger charge is 2.31. The fourth-order valence-corrected chi connectivity index (χ4v) is 3.89. The fourth-order valence-electron chi connectivity index (χ4n) is 3.89. The van der Waals surface area contributed by atoms with Gasteiger partial charge < -0.3 is 10.1 Å². The van der Waals surface area contributed by atoms with E-state index in [1.165, 1.54) is 16.3 Å². The summed E-state index contributed by atoms with van der Waals surface area (Å²) in [6, 6.07) is 19.4. The first-order chi connectivity index (χ1) is 18.6. The number of benzene rings is 3. The Hall–Kier alpha value is -4.14. The average molecular weight is 537 g/mol. The van der Waals surface area contributed by atoms with E-state index in [9.17, 15) is 18.0 Å². The molecule has 39 heavy (non-hydrogen) atoms. The van der Waals surface area contributed by atoms with Crippen molar-refractivity contribution in [1.29, 1.82) is 0 Å². The number of aromatic nitrogens is 3. The van der Waals surface area contributed by atoms with E-state index < -0.39 is 11.7 Å². The van der Waals surface area contributed by atoms with Gasteiger partial charge in [-0.05, 0) is 72.9 Å². The van der Waals surface area contributed by atoms with Crippen molar-refractivity contribution in [2.24, 2.45) is 5.92 Å². The van der Waals surface area contributed by atoms with E-state index in [4.69, 9.17) is 4.74 Å². The number of hydrogen-bond donors (Lipinski definition) is 1. The summed E-state index contributed by atoms with van der Waals surface area (Å²) in [4.78, 5) is 17.1. The zero-order valence-electron chi connectivity index (χ0n) is 22.1. The molecule has 204 valence electrons. The average Bonchev–Trinajstić information content (AvgIpc) is 3.35. The molecule has 0 atom stereocenters. The third kappa shape index (κ3) is 7.25. The number of nitrogens with zero attached hydrogens (tertiary/aromatic N) is 3. The molecule has 0 radical (unpaired) electrons. The van der Waals surface area contributed by atoms with Gasteiger partial charge in [-0.1, -0.05) is 51.5 Å². The number of hydrogen-bond acceptors (Lipinski definition) is 4. The number of unbranched alkanes of at least 4 members (excludes halogenated alkanes) is 1. The molecule has 0 saturated heterocycles. The van der Waals surface area contributed by atoms with Gasteiger partial charge >= 0.3 is 12.2 Å². The molecule has 1 heterocycles. The molecule has 1 aromatic heterocycles. The Bertz CT molecular complexity index is 1400. The summed E-state index contributed by atoms with van der Waals surface area (Å²) in [7, 11) is 0. The van der Waals surface area contributed by atoms with Crippen LogP contribution in [0.25, 0.3) is 17.1 Å². The molecule has 0 aliphatic carbocycles. The Kier molecular flexibility index (Phi) is 8.69. The van der Waals surface area contributed by atoms with Gasteiger partial charge in [-0.25, -0.2) is 4.68 Å². The summed E-state index contributed by atoms with van der Waals surface area (Å²) >= 11 is 0. The van der Waals surface area contributed by atoms with Crippen LogP contribution in [0, 0.1) is 5.92 Å². The molecule has 0 fully saturated rings. The molecule has 6 nitrogen and oxygen atoms in total. The SMILES string of the molecule is CCCCc1ccc(C(=O)Nc2ccc(-n3nc(OCC(C)C)nc3-c3cccc(C(F)(F)F)c3)cc2)cc1. The second kappa shape index (κ2) is 12.1. The van der Waals surface area contributed by atoms with Crippen LogP contribution in [-0.4, -0.2) is 27.3 Å². The first-order valence-electron chi connectivity index (χ1n) is 12.9. The third-order valence-electron chi connectivity index (χ3n) is 5.99. The van der Waals surface area contributed by atoms with E-state index in [2.05, 4.69) is 22.3 Å². The number of nitrogens with one attached hydrogen (secondary N) is 1. The maximum Gasteiger partial charge on any atom is 0.416 e. The molecule has 0 aliphatic rings. The minimum Gasteiger partial charge on any atom is -0.462 e. The lowest BCUT2D eigenvalue weighted by Gasteiger charge is -2.10. The van der Waals surface area contributed by atoms with E-state index in [0.29, 0.717) is 23.5 Å². The van der Waals surface area contributed by atoms with Crippen LogP contribution in [0.2, 0.25) is 0 Å². The van der Waals surface area contributed by atoms with Gasteiger partial charge in [0.15, 0.2) is 5.82 Å². The quantitative estimate of drug-likeness (QED) is 0.227. The van der Waals surface area contributed by atoms with E-state index in [1.54, 1.807) is 30.3 Å². The van der Waals surface area contributed by atoms with Crippen LogP contribution in [0.3, 0.4) is 0 Å². The summed E-state index contributed by atoms with van der Waals surface area (Å²) in [6.45, 7) is 6.44. The van der Waals surface area contributed by atoms with Gasteiger partial charge in [-0.2, -0.15) is 18.2 Å². The monoisotopic (exact) mass is 536 g/mol. The highest BCUT2D eigenvalue weighted by Crippen LogP contribution is 2.33. The molecule has 9 heteroatoms. The van der Waals surface area contributed by atoms with Gasteiger partial charge in [0.25, 0.3) is 5.91 Å². The number of halogens is 3. The summed E-state index contributed by atoms with van der Waals surface area (Å²) in [5.41, 5.74) is 2.32. The number of carbonyl (C=O) groups excluding carboxylic acids is 1. The van der Waals surface area contributed by atoms with E-state index in [0.717, 1.165) is 31.4 Å². The van der Waals surface area contributed by atoms with Gasteiger partial charge in [-0.15, -0.1) is 5.10 Å². The minimum atomic E-state index is -4.49. The first-order valence-corrected chi connectivity index (χ1v) is 12.9. The zero-order valence-corrected chi connectivity index (χ0v) is 22.1. The van der Waals surface area contributed by atoms with Crippen LogP contribution in [0.5, 0.6) is 6.01 Å². The topological polar surface area (TPSA) is 69.0 Å². The second-order valence-electron chi connectivity index (χ2n) is 9.71. The van der Waals surface area contributed by atoms with E-state index >= 15 is 0 Å². The summed E-state index contributed by atoms with van der Waals surface area (Å²) in [5, 5.41) is 7.28. The van der Waals surface area contributed by atoms with E-state index in [-0.39, 0.29) is 29.2 Å². The Morgan fingerprint density at radius 2 is 1.74 bits per heavy atom. The van der Waals surface area contributed by atoms with Crippen molar-refractivity contribution in [3.05, 3.63) is 89.5 Å². The van der Waals surface area contributed by atoms with Crippen molar-refractivity contribution in [3.8, 4) is 23.1 Å². The molecule has 0 unspecified atom stereocenters. The standard InChI is InChI=1S/C30H31F3N4O2/c1-4-5-7-21-10-12-22(13-11-21)28(38)34-25-14-16-26(17-15-25)37-27(35-29(36-37)39-19-20(2)3)23-8-6-9-24(18-23)30(31,32)33/h6,8-18,20H,4-5,7,19H2,1-3H3,(H,34,38). The first kappa shape index (κ1) is 27.9. The molecule has 1 amide bonds. The highest BCUT2D eigenvalue weighted by atomic mass is 19.4. The Morgan fingerprint density at radius 3 is 2.38 bits per heavy atom. The van der Waals surface area contributed by atoms with Crippen molar-refractivity contribution in [1.82, 2.24) is 14.8 Å². The van der Waals surface area contributed by atoms with Crippen molar-refractivity contribution in [2.75, 3.05) is 11.9 Å². The lowest BCUT2D eigenvalue weighted by Crippen LogP contribution is -2.12. The van der Waals surface area contributed by atoms with E-state index in [1.807, 2.05) is 38.1 Å². The Morgan fingerprint density at radius 1 is 1.03 bits per heavy atom. The normalized spacial score (nSPS) is 11.6. The summed E-state index contributed by atoms with van der Waals surface area (Å²) in [6.07, 6.45) is -1.30. The number of alkyl halides is 3. The van der Waals surface area contributed by atoms with Gasteiger partial charge in [0.1, 0.15) is 0 Å². The van der Waals surface area contributed by atoms with Crippen LogP contribution in [-0.2, 0) is 12.6 Å². The zero-order chi connectivity index (χ0) is 28.0. The van der Waals surface area contributed by atoms with Gasteiger partial charge in [0.05, 0.1) is 17.9 Å². The number of rotatable bonds is 10. The molecular weight excluding hydrogens is 505 g/mol. The molecule has 0 saturated carbocycles. The smallest absolute Gasteiger partial charge is 0.416 e. The maximum atomic E-state index is 13.4. The van der Waals surface area contributed by atoms with Crippen LogP contribution in [0.4, 0.5) is 18.9 Å². The minimum absolute atomic E-state index is 0.0656. The van der Waals surface area contributed by atoms with Crippen molar-refractivity contribution >= 4 is 11.6 Å². The lowest BCUT2D eigenvalue weighted by atomic mass is 10.1. The lowest BCUT2D eigenvalue weighted by molar-refractivity contribution is -0.137. The molecule has 4 aromatic rings. The van der Waals surface area contributed by atoms with Crippen LogP contribution in [0.15, 0.2) is 72.8 Å². The molecule has 1 N–H and O–H groups in total. The van der Waals surface area contributed by atoms with Crippen LogP contribution < -0.4 is 10.1 Å². The van der Waals surface area contributed by atoms with Crippen molar-refractivity contribution in [3.63, 3.8) is 0 Å². The molecule has 0 bridgehead atoms. The predicted octanol–water partition coefficient (Wildman–Crippen LogP) is 7.58. The van der Waals surface area contributed by atoms with Gasteiger partial charge in [0, 0.05) is 16.8 Å². The molecular formula is C30H31F3N4O2. The fraction of sp³-hybridized carbons (Fsp3) is 0.300. The largest absolute Gasteiger partial charge is 0.462 e. The molecule has 4 rings (SSSR count). The van der Waals surface area contributed by atoms with Crippen LogP contribution >= 0.6 is 0 Å². The highest BCUT2D eigenvalue weighted by molar-refractivity contribution is 6.04. The van der Waals surface area contributed by atoms with Crippen molar-refractivity contribution < 1.29 is 22.7 Å². The predicted molar refractivity (Wildman–Crippen MR) is 145 cm³/mol. The summed E-state index contributed by atoms with van der Waals surface area (Å²) in [5.74, 6) is 0.184. The van der Waals surface area contributed by atoms with Crippen molar-refractivity contribution in [2.45, 2.75) is 46.2 Å². The Balaban J connectivity index is 1.57. The third-order valence-corrected chi connectivity index (χ3v) is 5.99. The van der Waals surface area contributed by atoms with Crippen LogP contribution in [0.1, 0.15) is 55.1 Å². The van der Waals surface area contributed by atoms with Gasteiger partial charge in [0.2, 0.25) is 0 Å². The Labute approximate surface area is 225 Å². The number of amides is 1. The number of aryl methyl sites for hydroxylation is 1. The van der Waals surface area contributed by atoms with Gasteiger partial charge in [-0.3, -0.25) is 4.79 Å². The maximum absolute atomic E-state index is 13.4. The molecule has 0 spiro atoms. The number of carbonyl (C=O) groups is 1. The second-order valence-corrected chi connectivity index (χ2v) is 9.71. The summed E-state index contributed by atoms with van der Waals surface area (Å²) < 4.78 is 47.2. The molecule has 0 aliphatic heterocycles. The number of anilines is 1. The molecule has 3 aromatic carbocycles.